The Morgan fingerprint density at radius 3 is 2.67 bits per heavy atom. The molecule has 0 spiro atoms. The Morgan fingerprint density at radius 2 is 2.07 bits per heavy atom. The Balaban J connectivity index is 2.04. The molecule has 0 bridgehead atoms. The van der Waals surface area contributed by atoms with Gasteiger partial charge < -0.3 is 10.1 Å². The minimum absolute atomic E-state index is 0.0711. The molecule has 166 valence electrons. The van der Waals surface area contributed by atoms with Crippen LogP contribution in [0.15, 0.2) is 24.7 Å². The molecule has 2 rings (SSSR count). The number of amides is 1. The van der Waals surface area contributed by atoms with E-state index < -0.39 is 35.1 Å². The summed E-state index contributed by atoms with van der Waals surface area (Å²) in [4.78, 5) is 13.8. The van der Waals surface area contributed by atoms with Crippen LogP contribution >= 0.6 is 11.6 Å². The number of alkyl halides is 3. The molecule has 0 saturated carbocycles. The molecule has 1 amide bonds. The van der Waals surface area contributed by atoms with Gasteiger partial charge in [0.25, 0.3) is 0 Å². The summed E-state index contributed by atoms with van der Waals surface area (Å²) in [6, 6.07) is 1.06. The van der Waals surface area contributed by atoms with Gasteiger partial charge in [-0.05, 0) is 13.3 Å². The number of carbonyl (C=O) groups is 1. The summed E-state index contributed by atoms with van der Waals surface area (Å²) < 4.78 is 63.2. The molecule has 30 heavy (non-hydrogen) atoms. The Kier molecular flexibility index (Phi) is 8.18. The molecule has 7 nitrogen and oxygen atoms in total. The number of hydrogen-bond donors (Lipinski definition) is 0. The van der Waals surface area contributed by atoms with Crippen molar-refractivity contribution in [2.45, 2.75) is 32.4 Å². The lowest BCUT2D eigenvalue weighted by molar-refractivity contribution is -0.606. The minimum Gasteiger partial charge on any atom is -0.619 e. The highest BCUT2D eigenvalue weighted by molar-refractivity contribution is 7.84. The lowest BCUT2D eigenvalue weighted by atomic mass is 10.3. The van der Waals surface area contributed by atoms with Gasteiger partial charge in [0.2, 0.25) is 18.3 Å². The fraction of sp³-hybridized carbons (Fsp3) is 0.471. The standard InChI is InChI=1S/C17H19ClF4N4O3S/c1-2-25(15(27)4-7-30(29)6-3-5-17(20,21)22)14-11-26(23-16(14)18)13-8-12(19)9-24(28)10-13/h8-11H,2-7H2,1H3. The van der Waals surface area contributed by atoms with Crippen molar-refractivity contribution in [2.24, 2.45) is 0 Å². The van der Waals surface area contributed by atoms with Gasteiger partial charge in [-0.2, -0.15) is 23.0 Å². The molecule has 0 fully saturated rings. The molecule has 2 aromatic heterocycles. The van der Waals surface area contributed by atoms with Gasteiger partial charge in [0.05, 0.1) is 6.20 Å². The van der Waals surface area contributed by atoms with Crippen molar-refractivity contribution in [1.29, 1.82) is 0 Å². The fourth-order valence-corrected chi connectivity index (χ4v) is 3.95. The average molecular weight is 471 g/mol. The van der Waals surface area contributed by atoms with Crippen molar-refractivity contribution in [2.75, 3.05) is 23.0 Å². The molecule has 1 unspecified atom stereocenters. The first kappa shape index (κ1) is 24.1. The summed E-state index contributed by atoms with van der Waals surface area (Å²) in [7, 11) is -1.57. The number of halogens is 5. The second-order valence-corrected chi connectivity index (χ2v) is 8.33. The Hall–Kier alpha value is -2.21. The van der Waals surface area contributed by atoms with Gasteiger partial charge >= 0.3 is 6.18 Å². The number of hydrogen-bond acceptors (Lipinski definition) is 4. The largest absolute Gasteiger partial charge is 0.619 e. The topological polar surface area (TPSA) is 82.1 Å². The second kappa shape index (κ2) is 10.2. The minimum atomic E-state index is -4.30. The van der Waals surface area contributed by atoms with Crippen molar-refractivity contribution in [3.63, 3.8) is 0 Å². The van der Waals surface area contributed by atoms with Crippen LogP contribution in [0, 0.1) is 11.0 Å². The van der Waals surface area contributed by atoms with Crippen molar-refractivity contribution in [1.82, 2.24) is 9.78 Å². The zero-order chi connectivity index (χ0) is 22.5. The first-order valence-corrected chi connectivity index (χ1v) is 10.7. The number of carbonyl (C=O) groups excluding carboxylic acids is 1. The molecule has 1 atom stereocenters. The Labute approximate surface area is 177 Å². The molecule has 2 aromatic rings. The highest BCUT2D eigenvalue weighted by Crippen LogP contribution is 2.26. The van der Waals surface area contributed by atoms with Crippen LogP contribution in [0.3, 0.4) is 0 Å². The molecule has 0 aromatic carbocycles. The second-order valence-electron chi connectivity index (χ2n) is 6.28. The third-order valence-electron chi connectivity index (χ3n) is 4.00. The maximum Gasteiger partial charge on any atom is 0.389 e. The molecule has 2 heterocycles. The van der Waals surface area contributed by atoms with E-state index in [0.29, 0.717) is 0 Å². The van der Waals surface area contributed by atoms with E-state index in [9.17, 15) is 31.8 Å². The number of nitrogens with zero attached hydrogens (tertiary/aromatic N) is 4. The fourth-order valence-electron chi connectivity index (χ4n) is 2.64. The summed E-state index contributed by atoms with van der Waals surface area (Å²) >= 11 is 6.09. The van der Waals surface area contributed by atoms with Crippen LogP contribution in [-0.2, 0) is 15.6 Å². The highest BCUT2D eigenvalue weighted by atomic mass is 35.5. The summed E-state index contributed by atoms with van der Waals surface area (Å²) in [5, 5.41) is 15.3. The summed E-state index contributed by atoms with van der Waals surface area (Å²) in [5.41, 5.74) is 0.293. The molecule has 0 aliphatic rings. The van der Waals surface area contributed by atoms with Crippen LogP contribution in [0.1, 0.15) is 26.2 Å². The van der Waals surface area contributed by atoms with E-state index in [1.165, 1.54) is 11.1 Å². The maximum atomic E-state index is 13.5. The van der Waals surface area contributed by atoms with E-state index >= 15 is 0 Å². The number of aromatic nitrogens is 3. The number of anilines is 1. The lowest BCUT2D eigenvalue weighted by Crippen LogP contribution is -2.31. The smallest absolute Gasteiger partial charge is 0.389 e. The van der Waals surface area contributed by atoms with Crippen molar-refractivity contribution in [3.05, 3.63) is 40.8 Å². The molecule has 0 radical (unpaired) electrons. The van der Waals surface area contributed by atoms with Crippen molar-refractivity contribution in [3.8, 4) is 5.69 Å². The van der Waals surface area contributed by atoms with Gasteiger partial charge in [-0.25, -0.2) is 9.07 Å². The molecule has 0 aliphatic carbocycles. The normalized spacial score (nSPS) is 12.7. The SMILES string of the molecule is CCN(C(=O)CCS(=O)CCCC(F)(F)F)c1cn(-c2cc(F)c[n+]([O-])c2)nc1Cl. The zero-order valence-electron chi connectivity index (χ0n) is 15.9. The summed E-state index contributed by atoms with van der Waals surface area (Å²) in [5.74, 6) is -1.46. The van der Waals surface area contributed by atoms with E-state index in [4.69, 9.17) is 11.6 Å². The number of pyridine rings is 1. The maximum absolute atomic E-state index is 13.5. The molecular weight excluding hydrogens is 452 g/mol. The van der Waals surface area contributed by atoms with Gasteiger partial charge in [-0.15, -0.1) is 0 Å². The van der Waals surface area contributed by atoms with Crippen molar-refractivity contribution >= 4 is 34.0 Å². The molecule has 13 heteroatoms. The first-order chi connectivity index (χ1) is 14.0. The van der Waals surface area contributed by atoms with Gasteiger partial charge in [0.1, 0.15) is 11.4 Å². The average Bonchev–Trinajstić information content (AvgIpc) is 3.00. The highest BCUT2D eigenvalue weighted by Gasteiger charge is 2.26. The lowest BCUT2D eigenvalue weighted by Gasteiger charge is -2.19. The van der Waals surface area contributed by atoms with Gasteiger partial charge in [0, 0.05) is 47.8 Å². The molecule has 0 aliphatic heterocycles. The molecule has 0 saturated heterocycles. The van der Waals surface area contributed by atoms with Crippen LogP contribution < -0.4 is 9.63 Å². The van der Waals surface area contributed by atoms with E-state index in [0.717, 1.165) is 23.1 Å². The van der Waals surface area contributed by atoms with Crippen LogP contribution in [-0.4, -0.2) is 44.1 Å². The van der Waals surface area contributed by atoms with Crippen LogP contribution in [0.5, 0.6) is 0 Å². The Morgan fingerprint density at radius 1 is 1.37 bits per heavy atom. The third-order valence-corrected chi connectivity index (χ3v) is 5.67. The van der Waals surface area contributed by atoms with Crippen molar-refractivity contribution < 1.29 is 31.3 Å². The van der Waals surface area contributed by atoms with Gasteiger partial charge in [-0.1, -0.05) is 11.6 Å². The Bertz CT molecular complexity index is 903. The number of rotatable bonds is 9. The predicted molar refractivity (Wildman–Crippen MR) is 103 cm³/mol. The predicted octanol–water partition coefficient (Wildman–Crippen LogP) is 3.13. The third kappa shape index (κ3) is 6.94. The van der Waals surface area contributed by atoms with E-state index in [1.807, 2.05) is 0 Å². The van der Waals surface area contributed by atoms with Gasteiger partial charge in [0.15, 0.2) is 11.0 Å². The first-order valence-electron chi connectivity index (χ1n) is 8.87. The van der Waals surface area contributed by atoms with E-state index in [1.54, 1.807) is 6.92 Å². The van der Waals surface area contributed by atoms with Crippen LogP contribution in [0.25, 0.3) is 5.69 Å². The quantitative estimate of drug-likeness (QED) is 0.320. The zero-order valence-corrected chi connectivity index (χ0v) is 17.4. The van der Waals surface area contributed by atoms with E-state index in [-0.39, 0.29) is 52.2 Å². The van der Waals surface area contributed by atoms with Gasteiger partial charge in [-0.3, -0.25) is 9.00 Å². The molecule has 0 N–H and O–H groups in total. The van der Waals surface area contributed by atoms with Crippen LogP contribution in [0.2, 0.25) is 5.15 Å². The van der Waals surface area contributed by atoms with E-state index in [2.05, 4.69) is 5.10 Å². The van der Waals surface area contributed by atoms with Crippen LogP contribution in [0.4, 0.5) is 23.2 Å². The monoisotopic (exact) mass is 470 g/mol. The molecular formula is C17H19ClF4N4O3S. The summed E-state index contributed by atoms with van der Waals surface area (Å²) in [6.07, 6.45) is -2.61. The summed E-state index contributed by atoms with van der Waals surface area (Å²) in [6.45, 7) is 1.86.